The number of benzene rings is 1. The molecule has 2 rings (SSSR count). The molecule has 0 aromatic heterocycles. The van der Waals surface area contributed by atoms with Gasteiger partial charge in [-0.1, -0.05) is 6.07 Å². The summed E-state index contributed by atoms with van der Waals surface area (Å²) >= 11 is 3.18. The van der Waals surface area contributed by atoms with Crippen molar-refractivity contribution < 1.29 is 18.7 Å². The Balaban J connectivity index is 2.33. The highest BCUT2D eigenvalue weighted by Gasteiger charge is 2.34. The number of rotatable bonds is 2. The quantitative estimate of drug-likeness (QED) is 0.775. The van der Waals surface area contributed by atoms with Crippen LogP contribution in [0.5, 0.6) is 0 Å². The number of nitrogens with zero attached hydrogens (tertiary/aromatic N) is 1. The third kappa shape index (κ3) is 2.85. The fourth-order valence-corrected chi connectivity index (χ4v) is 2.91. The lowest BCUT2D eigenvalue weighted by molar-refractivity contribution is -0.147. The topological polar surface area (TPSA) is 46.6 Å². The third-order valence-corrected chi connectivity index (χ3v) is 4.07. The first-order valence-electron chi connectivity index (χ1n) is 6.39. The fourth-order valence-electron chi connectivity index (χ4n) is 2.40. The van der Waals surface area contributed by atoms with Crippen molar-refractivity contribution >= 4 is 27.8 Å². The summed E-state index contributed by atoms with van der Waals surface area (Å²) < 4.78 is 19.0. The highest BCUT2D eigenvalue weighted by Crippen LogP contribution is 2.26. The average molecular weight is 344 g/mol. The molecule has 1 aromatic carbocycles. The number of amides is 1. The predicted octanol–water partition coefficient (Wildman–Crippen LogP) is 2.76. The molecule has 108 valence electrons. The second-order valence-electron chi connectivity index (χ2n) is 4.63. The molecule has 1 fully saturated rings. The molecule has 0 aliphatic carbocycles. The van der Waals surface area contributed by atoms with E-state index >= 15 is 0 Å². The maximum Gasteiger partial charge on any atom is 0.328 e. The van der Waals surface area contributed by atoms with E-state index in [0.717, 1.165) is 12.8 Å². The zero-order valence-electron chi connectivity index (χ0n) is 11.1. The summed E-state index contributed by atoms with van der Waals surface area (Å²) in [6, 6.07) is 3.72. The molecule has 20 heavy (non-hydrogen) atoms. The van der Waals surface area contributed by atoms with Gasteiger partial charge in [-0.2, -0.15) is 0 Å². The van der Waals surface area contributed by atoms with Gasteiger partial charge in [-0.3, -0.25) is 4.79 Å². The van der Waals surface area contributed by atoms with Crippen LogP contribution in [-0.2, 0) is 9.53 Å². The molecule has 1 heterocycles. The summed E-state index contributed by atoms with van der Waals surface area (Å²) in [6.45, 7) is 0.430. The zero-order chi connectivity index (χ0) is 14.7. The maximum absolute atomic E-state index is 13.9. The van der Waals surface area contributed by atoms with Crippen LogP contribution in [0.1, 0.15) is 29.6 Å². The van der Waals surface area contributed by atoms with E-state index in [4.69, 9.17) is 4.74 Å². The Bertz CT molecular complexity index is 515. The predicted molar refractivity (Wildman–Crippen MR) is 74.8 cm³/mol. The lowest BCUT2D eigenvalue weighted by Crippen LogP contribution is -2.48. The molecule has 1 aliphatic rings. The summed E-state index contributed by atoms with van der Waals surface area (Å²) in [7, 11) is 1.29. The third-order valence-electron chi connectivity index (χ3n) is 3.41. The van der Waals surface area contributed by atoms with Crippen molar-refractivity contribution in [3.8, 4) is 0 Å². The second-order valence-corrected chi connectivity index (χ2v) is 5.48. The molecular formula is C14H15BrFNO3. The number of piperidine rings is 1. The molecular weight excluding hydrogens is 329 g/mol. The molecule has 0 radical (unpaired) electrons. The maximum atomic E-state index is 13.9. The molecule has 4 nitrogen and oxygen atoms in total. The van der Waals surface area contributed by atoms with E-state index < -0.39 is 23.7 Å². The molecule has 1 aliphatic heterocycles. The fraction of sp³-hybridized carbons (Fsp3) is 0.429. The molecule has 0 N–H and O–H groups in total. The van der Waals surface area contributed by atoms with Gasteiger partial charge in [0.25, 0.3) is 5.91 Å². The largest absolute Gasteiger partial charge is 0.467 e. The van der Waals surface area contributed by atoms with E-state index in [0.29, 0.717) is 17.4 Å². The Morgan fingerprint density at radius 2 is 2.15 bits per heavy atom. The van der Waals surface area contributed by atoms with Crippen molar-refractivity contribution in [3.05, 3.63) is 34.1 Å². The summed E-state index contributed by atoms with van der Waals surface area (Å²) in [5.74, 6) is -1.53. The van der Waals surface area contributed by atoms with E-state index in [9.17, 15) is 14.0 Å². The van der Waals surface area contributed by atoms with Crippen LogP contribution < -0.4 is 0 Å². The first-order chi connectivity index (χ1) is 9.56. The van der Waals surface area contributed by atoms with Gasteiger partial charge in [0, 0.05) is 11.0 Å². The second kappa shape index (κ2) is 6.35. The Morgan fingerprint density at radius 3 is 2.80 bits per heavy atom. The number of esters is 1. The smallest absolute Gasteiger partial charge is 0.328 e. The number of carbonyl (C=O) groups excluding carboxylic acids is 2. The van der Waals surface area contributed by atoms with Gasteiger partial charge in [-0.05, 0) is 47.3 Å². The van der Waals surface area contributed by atoms with Crippen molar-refractivity contribution in [1.82, 2.24) is 4.90 Å². The van der Waals surface area contributed by atoms with Crippen molar-refractivity contribution in [2.45, 2.75) is 25.3 Å². The van der Waals surface area contributed by atoms with E-state index in [1.807, 2.05) is 0 Å². The van der Waals surface area contributed by atoms with Gasteiger partial charge in [0.1, 0.15) is 11.9 Å². The molecule has 1 aromatic rings. The van der Waals surface area contributed by atoms with Crippen LogP contribution in [0.3, 0.4) is 0 Å². The molecule has 1 atom stereocenters. The van der Waals surface area contributed by atoms with Crippen molar-refractivity contribution in [2.24, 2.45) is 0 Å². The van der Waals surface area contributed by atoms with E-state index in [-0.39, 0.29) is 5.56 Å². The van der Waals surface area contributed by atoms with Crippen molar-refractivity contribution in [3.63, 3.8) is 0 Å². The standard InChI is InChI=1S/C14H15BrFNO3/c1-20-14(19)11-7-2-3-8-17(11)13(18)12-9(15)5-4-6-10(12)16/h4-6,11H,2-3,7-8H2,1H3/t11-/m1/s1. The van der Waals surface area contributed by atoms with Gasteiger partial charge in [0.15, 0.2) is 0 Å². The van der Waals surface area contributed by atoms with E-state index in [2.05, 4.69) is 15.9 Å². The molecule has 0 spiro atoms. The van der Waals surface area contributed by atoms with Gasteiger partial charge in [0.05, 0.1) is 12.7 Å². The Hall–Kier alpha value is -1.43. The van der Waals surface area contributed by atoms with Gasteiger partial charge >= 0.3 is 5.97 Å². The minimum atomic E-state index is -0.632. The van der Waals surface area contributed by atoms with Gasteiger partial charge in [-0.25, -0.2) is 9.18 Å². The number of ether oxygens (including phenoxy) is 1. The van der Waals surface area contributed by atoms with E-state index in [1.165, 1.54) is 24.1 Å². The number of methoxy groups -OCH3 is 1. The van der Waals surface area contributed by atoms with Gasteiger partial charge < -0.3 is 9.64 Å². The SMILES string of the molecule is COC(=O)[C@H]1CCCCN1C(=O)c1c(F)cccc1Br. The first kappa shape index (κ1) is 15.0. The summed E-state index contributed by atoms with van der Waals surface area (Å²) in [5, 5.41) is 0. The van der Waals surface area contributed by atoms with Gasteiger partial charge in [-0.15, -0.1) is 0 Å². The number of carbonyl (C=O) groups is 2. The monoisotopic (exact) mass is 343 g/mol. The van der Waals surface area contributed by atoms with Crippen LogP contribution in [-0.4, -0.2) is 36.5 Å². The summed E-state index contributed by atoms with van der Waals surface area (Å²) in [6.07, 6.45) is 2.19. The summed E-state index contributed by atoms with van der Waals surface area (Å²) in [5.41, 5.74) is -0.0386. The van der Waals surface area contributed by atoms with Crippen LogP contribution >= 0.6 is 15.9 Å². The molecule has 0 saturated carbocycles. The van der Waals surface area contributed by atoms with Crippen LogP contribution in [0.15, 0.2) is 22.7 Å². The normalized spacial score (nSPS) is 18.8. The zero-order valence-corrected chi connectivity index (χ0v) is 12.7. The molecule has 1 saturated heterocycles. The minimum Gasteiger partial charge on any atom is -0.467 e. The highest BCUT2D eigenvalue weighted by molar-refractivity contribution is 9.10. The van der Waals surface area contributed by atoms with Crippen LogP contribution in [0.25, 0.3) is 0 Å². The minimum absolute atomic E-state index is 0.0386. The van der Waals surface area contributed by atoms with E-state index in [1.54, 1.807) is 6.07 Å². The lowest BCUT2D eigenvalue weighted by Gasteiger charge is -2.34. The number of hydrogen-bond donors (Lipinski definition) is 0. The molecule has 1 amide bonds. The van der Waals surface area contributed by atoms with Crippen LogP contribution in [0.2, 0.25) is 0 Å². The molecule has 0 unspecified atom stereocenters. The van der Waals surface area contributed by atoms with Crippen molar-refractivity contribution in [2.75, 3.05) is 13.7 Å². The number of likely N-dealkylation sites (tertiary alicyclic amines) is 1. The first-order valence-corrected chi connectivity index (χ1v) is 7.18. The van der Waals surface area contributed by atoms with Gasteiger partial charge in [0.2, 0.25) is 0 Å². The molecule has 6 heteroatoms. The summed E-state index contributed by atoms with van der Waals surface area (Å²) in [4.78, 5) is 25.7. The average Bonchev–Trinajstić information content (AvgIpc) is 2.46. The molecule has 0 bridgehead atoms. The number of halogens is 2. The Morgan fingerprint density at radius 1 is 1.40 bits per heavy atom. The Kier molecular flexibility index (Phi) is 4.75. The number of hydrogen-bond acceptors (Lipinski definition) is 3. The lowest BCUT2D eigenvalue weighted by atomic mass is 10.0. The van der Waals surface area contributed by atoms with Crippen LogP contribution in [0, 0.1) is 5.82 Å². The van der Waals surface area contributed by atoms with Crippen molar-refractivity contribution in [1.29, 1.82) is 0 Å². The Labute approximate surface area is 125 Å². The van der Waals surface area contributed by atoms with Crippen LogP contribution in [0.4, 0.5) is 4.39 Å². The highest BCUT2D eigenvalue weighted by atomic mass is 79.9.